The van der Waals surface area contributed by atoms with Gasteiger partial charge in [0.05, 0.1) is 24.9 Å². The Labute approximate surface area is 151 Å². The van der Waals surface area contributed by atoms with Crippen molar-refractivity contribution in [2.75, 3.05) is 20.8 Å². The maximum absolute atomic E-state index is 13.1. The second-order valence-electron chi connectivity index (χ2n) is 7.03. The Morgan fingerprint density at radius 2 is 1.92 bits per heavy atom. The monoisotopic (exact) mass is 352 g/mol. The van der Waals surface area contributed by atoms with Crippen LogP contribution < -0.4 is 4.74 Å². The van der Waals surface area contributed by atoms with Crippen molar-refractivity contribution < 1.29 is 23.9 Å². The molecule has 3 aliphatic rings. The van der Waals surface area contributed by atoms with Crippen LogP contribution in [0.5, 0.6) is 5.75 Å². The lowest BCUT2D eigenvalue weighted by Gasteiger charge is -2.36. The molecule has 4 rings (SSSR count). The second-order valence-corrected chi connectivity index (χ2v) is 7.03. The normalized spacial score (nSPS) is 24.7. The molecule has 0 radical (unpaired) electrons. The van der Waals surface area contributed by atoms with Crippen LogP contribution in [-0.2, 0) is 9.53 Å². The number of Topliss-reactive ketones (excluding diaryl/α,β-unsaturated/α-hetero) is 3. The van der Waals surface area contributed by atoms with Gasteiger partial charge >= 0.3 is 0 Å². The SMILES string of the molecule is COCC1=CC2CC3=C(C(=O)c4c(OC)cccc4C3=O)C(=O)C2CC1. The van der Waals surface area contributed by atoms with E-state index in [-0.39, 0.29) is 40.3 Å². The van der Waals surface area contributed by atoms with Gasteiger partial charge in [0.1, 0.15) is 5.75 Å². The van der Waals surface area contributed by atoms with Gasteiger partial charge in [0, 0.05) is 24.2 Å². The molecule has 1 aromatic rings. The first-order valence-electron chi connectivity index (χ1n) is 8.79. The largest absolute Gasteiger partial charge is 0.496 e. The Morgan fingerprint density at radius 1 is 1.12 bits per heavy atom. The molecule has 0 spiro atoms. The minimum atomic E-state index is -0.373. The van der Waals surface area contributed by atoms with Crippen LogP contribution in [0.4, 0.5) is 0 Å². The van der Waals surface area contributed by atoms with Gasteiger partial charge < -0.3 is 9.47 Å². The number of hydrogen-bond acceptors (Lipinski definition) is 5. The van der Waals surface area contributed by atoms with Gasteiger partial charge in [0.2, 0.25) is 5.78 Å². The fourth-order valence-corrected chi connectivity index (χ4v) is 4.43. The van der Waals surface area contributed by atoms with Gasteiger partial charge in [-0.25, -0.2) is 0 Å². The van der Waals surface area contributed by atoms with Crippen LogP contribution in [-0.4, -0.2) is 38.2 Å². The van der Waals surface area contributed by atoms with Gasteiger partial charge in [0.15, 0.2) is 11.6 Å². The number of allylic oxidation sites excluding steroid dienone is 3. The molecule has 0 aromatic heterocycles. The molecule has 0 N–H and O–H groups in total. The molecule has 0 fully saturated rings. The van der Waals surface area contributed by atoms with Crippen LogP contribution in [0.15, 0.2) is 41.0 Å². The Kier molecular flexibility index (Phi) is 4.11. The molecule has 134 valence electrons. The Balaban J connectivity index is 1.80. The molecule has 3 aliphatic carbocycles. The van der Waals surface area contributed by atoms with E-state index in [9.17, 15) is 14.4 Å². The molecule has 0 heterocycles. The molecule has 5 heteroatoms. The van der Waals surface area contributed by atoms with Gasteiger partial charge in [-0.1, -0.05) is 18.2 Å². The smallest absolute Gasteiger partial charge is 0.201 e. The van der Waals surface area contributed by atoms with E-state index in [0.717, 1.165) is 12.0 Å². The predicted molar refractivity (Wildman–Crippen MR) is 94.5 cm³/mol. The number of rotatable bonds is 3. The maximum Gasteiger partial charge on any atom is 0.201 e. The first-order valence-corrected chi connectivity index (χ1v) is 8.79. The molecule has 1 aromatic carbocycles. The molecule has 0 bridgehead atoms. The summed E-state index contributed by atoms with van der Waals surface area (Å²) in [6, 6.07) is 4.97. The lowest BCUT2D eigenvalue weighted by atomic mass is 9.65. The van der Waals surface area contributed by atoms with Crippen LogP contribution in [0.25, 0.3) is 0 Å². The van der Waals surface area contributed by atoms with Gasteiger partial charge in [-0.05, 0) is 36.8 Å². The summed E-state index contributed by atoms with van der Waals surface area (Å²) >= 11 is 0. The summed E-state index contributed by atoms with van der Waals surface area (Å²) in [4.78, 5) is 39.2. The molecular formula is C21H20O5. The summed E-state index contributed by atoms with van der Waals surface area (Å²) < 4.78 is 10.5. The van der Waals surface area contributed by atoms with Crippen molar-refractivity contribution in [1.29, 1.82) is 0 Å². The van der Waals surface area contributed by atoms with Crippen molar-refractivity contribution in [1.82, 2.24) is 0 Å². The van der Waals surface area contributed by atoms with E-state index in [0.29, 0.717) is 36.3 Å². The molecule has 2 atom stereocenters. The predicted octanol–water partition coefficient (Wildman–Crippen LogP) is 2.94. The van der Waals surface area contributed by atoms with E-state index in [1.807, 2.05) is 0 Å². The number of benzene rings is 1. The molecule has 0 aliphatic heterocycles. The summed E-state index contributed by atoms with van der Waals surface area (Å²) in [7, 11) is 3.10. The minimum Gasteiger partial charge on any atom is -0.496 e. The Morgan fingerprint density at radius 3 is 2.65 bits per heavy atom. The summed E-state index contributed by atoms with van der Waals surface area (Å²) in [5.74, 6) is -0.728. The van der Waals surface area contributed by atoms with Crippen LogP contribution in [0.1, 0.15) is 40.0 Å². The third-order valence-corrected chi connectivity index (χ3v) is 5.62. The highest BCUT2D eigenvalue weighted by Crippen LogP contribution is 2.44. The lowest BCUT2D eigenvalue weighted by molar-refractivity contribution is -0.121. The number of hydrogen-bond donors (Lipinski definition) is 0. The zero-order chi connectivity index (χ0) is 18.4. The van der Waals surface area contributed by atoms with Crippen LogP contribution in [0.3, 0.4) is 0 Å². The van der Waals surface area contributed by atoms with E-state index in [2.05, 4.69) is 6.08 Å². The maximum atomic E-state index is 13.1. The zero-order valence-electron chi connectivity index (χ0n) is 14.8. The highest BCUT2D eigenvalue weighted by Gasteiger charge is 2.46. The standard InChI is InChI=1S/C21H20O5/c1-25-10-11-6-7-13-12(8-11)9-15-18(20(13)23)21(24)17-14(19(15)22)4-3-5-16(17)26-2/h3-5,8,12-13H,6-7,9-10H2,1-2H3. The minimum absolute atomic E-state index is 0.0379. The quantitative estimate of drug-likeness (QED) is 0.618. The third-order valence-electron chi connectivity index (χ3n) is 5.62. The first kappa shape index (κ1) is 16.9. The van der Waals surface area contributed by atoms with E-state index in [1.54, 1.807) is 25.3 Å². The Bertz CT molecular complexity index is 890. The molecular weight excluding hydrogens is 332 g/mol. The number of carbonyl (C=O) groups is 3. The highest BCUT2D eigenvalue weighted by molar-refractivity contribution is 6.38. The topological polar surface area (TPSA) is 69.7 Å². The number of fused-ring (bicyclic) bond motifs is 2. The van der Waals surface area contributed by atoms with Crippen LogP contribution in [0.2, 0.25) is 0 Å². The average Bonchev–Trinajstić information content (AvgIpc) is 2.65. The van der Waals surface area contributed by atoms with Gasteiger partial charge in [-0.3, -0.25) is 14.4 Å². The van der Waals surface area contributed by atoms with Crippen molar-refractivity contribution >= 4 is 17.3 Å². The fourth-order valence-electron chi connectivity index (χ4n) is 4.43. The number of carbonyl (C=O) groups excluding carboxylic acids is 3. The number of ether oxygens (including phenoxy) is 2. The van der Waals surface area contributed by atoms with Crippen molar-refractivity contribution in [3.63, 3.8) is 0 Å². The van der Waals surface area contributed by atoms with Crippen LogP contribution >= 0.6 is 0 Å². The molecule has 0 saturated heterocycles. The first-order chi connectivity index (χ1) is 12.6. The number of ketones is 3. The molecule has 26 heavy (non-hydrogen) atoms. The number of methoxy groups -OCH3 is 2. The van der Waals surface area contributed by atoms with Gasteiger partial charge in [-0.15, -0.1) is 0 Å². The molecule has 2 unspecified atom stereocenters. The van der Waals surface area contributed by atoms with E-state index in [4.69, 9.17) is 9.47 Å². The summed E-state index contributed by atoms with van der Waals surface area (Å²) in [6.45, 7) is 0.538. The second kappa shape index (κ2) is 6.32. The van der Waals surface area contributed by atoms with E-state index in [1.165, 1.54) is 7.11 Å². The van der Waals surface area contributed by atoms with E-state index < -0.39 is 0 Å². The van der Waals surface area contributed by atoms with E-state index >= 15 is 0 Å². The average molecular weight is 352 g/mol. The molecule has 0 saturated carbocycles. The summed E-state index contributed by atoms with van der Waals surface area (Å²) in [5, 5.41) is 0. The molecule has 0 amide bonds. The highest BCUT2D eigenvalue weighted by atomic mass is 16.5. The van der Waals surface area contributed by atoms with Crippen molar-refractivity contribution in [3.8, 4) is 5.75 Å². The van der Waals surface area contributed by atoms with Crippen molar-refractivity contribution in [2.24, 2.45) is 11.8 Å². The summed E-state index contributed by atoms with van der Waals surface area (Å²) in [6.07, 6.45) is 3.97. The zero-order valence-corrected chi connectivity index (χ0v) is 14.8. The fraction of sp³-hybridized carbons (Fsp3) is 0.381. The Hall–Kier alpha value is -2.53. The van der Waals surface area contributed by atoms with Gasteiger partial charge in [-0.2, -0.15) is 0 Å². The summed E-state index contributed by atoms with van der Waals surface area (Å²) in [5.41, 5.74) is 2.14. The van der Waals surface area contributed by atoms with Crippen molar-refractivity contribution in [3.05, 3.63) is 52.1 Å². The van der Waals surface area contributed by atoms with Crippen LogP contribution in [0, 0.1) is 11.8 Å². The van der Waals surface area contributed by atoms with Crippen molar-refractivity contribution in [2.45, 2.75) is 19.3 Å². The molecule has 5 nitrogen and oxygen atoms in total. The lowest BCUT2D eigenvalue weighted by Crippen LogP contribution is -2.39. The van der Waals surface area contributed by atoms with Gasteiger partial charge in [0.25, 0.3) is 0 Å². The third kappa shape index (κ3) is 2.38.